The lowest BCUT2D eigenvalue weighted by Gasteiger charge is -2.04. The van der Waals surface area contributed by atoms with Crippen molar-refractivity contribution >= 4 is 32.3 Å². The maximum atomic E-state index is 11.9. The molecule has 0 aromatic carbocycles. The van der Waals surface area contributed by atoms with E-state index < -0.39 is 10.0 Å². The average molecular weight is 270 g/mol. The summed E-state index contributed by atoms with van der Waals surface area (Å²) in [6, 6.07) is 2.67. The Labute approximate surface area is 103 Å². The van der Waals surface area contributed by atoms with E-state index >= 15 is 0 Å². The number of hydrogen-bond acceptors (Lipinski definition) is 6. The zero-order valence-corrected chi connectivity index (χ0v) is 10.5. The third-order valence-electron chi connectivity index (χ3n) is 1.90. The molecule has 17 heavy (non-hydrogen) atoms. The molecule has 6 nitrogen and oxygen atoms in total. The van der Waals surface area contributed by atoms with Crippen LogP contribution in [0.2, 0.25) is 0 Å². The molecule has 2 rings (SSSR count). The molecule has 90 valence electrons. The van der Waals surface area contributed by atoms with Crippen molar-refractivity contribution in [3.63, 3.8) is 0 Å². The van der Waals surface area contributed by atoms with Crippen molar-refractivity contribution in [3.8, 4) is 0 Å². The zero-order chi connectivity index (χ0) is 12.5. The van der Waals surface area contributed by atoms with Crippen molar-refractivity contribution in [1.29, 1.82) is 0 Å². The van der Waals surface area contributed by atoms with Gasteiger partial charge in [0.2, 0.25) is 0 Å². The minimum absolute atomic E-state index is 0.0675. The summed E-state index contributed by atoms with van der Waals surface area (Å²) in [5, 5.41) is 2.09. The lowest BCUT2D eigenvalue weighted by molar-refractivity contribution is 0.601. The van der Waals surface area contributed by atoms with Crippen LogP contribution in [-0.4, -0.2) is 18.4 Å². The highest BCUT2D eigenvalue weighted by Gasteiger charge is 2.16. The summed E-state index contributed by atoms with van der Waals surface area (Å²) in [7, 11) is -3.64. The fourth-order valence-electron chi connectivity index (χ4n) is 1.17. The second-order valence-electron chi connectivity index (χ2n) is 3.32. The summed E-state index contributed by atoms with van der Waals surface area (Å²) in [4.78, 5) is 7.83. The third kappa shape index (κ3) is 2.71. The fourth-order valence-corrected chi connectivity index (χ4v) is 3.13. The van der Waals surface area contributed by atoms with Gasteiger partial charge in [-0.05, 0) is 13.0 Å². The summed E-state index contributed by atoms with van der Waals surface area (Å²) in [5.41, 5.74) is 6.20. The van der Waals surface area contributed by atoms with Gasteiger partial charge < -0.3 is 5.73 Å². The van der Waals surface area contributed by atoms with Gasteiger partial charge in [-0.2, -0.15) is 0 Å². The molecule has 2 aromatic heterocycles. The monoisotopic (exact) mass is 270 g/mol. The average Bonchev–Trinajstić information content (AvgIpc) is 2.63. The number of nitrogens with one attached hydrogen (secondary N) is 1. The molecule has 2 heterocycles. The van der Waals surface area contributed by atoms with Crippen LogP contribution in [0.25, 0.3) is 0 Å². The Morgan fingerprint density at radius 2 is 2.24 bits per heavy atom. The van der Waals surface area contributed by atoms with E-state index in [1.807, 2.05) is 0 Å². The number of nitrogens with two attached hydrogens (primary N) is 1. The van der Waals surface area contributed by atoms with Crippen LogP contribution < -0.4 is 10.5 Å². The van der Waals surface area contributed by atoms with Gasteiger partial charge in [-0.15, -0.1) is 11.3 Å². The van der Waals surface area contributed by atoms with Crippen LogP contribution in [0.15, 0.2) is 28.6 Å². The molecule has 0 radical (unpaired) electrons. The Morgan fingerprint density at radius 1 is 1.47 bits per heavy atom. The number of aryl methyl sites for hydroxylation is 1. The number of aromatic nitrogens is 2. The Kier molecular flexibility index (Phi) is 2.99. The number of anilines is 2. The number of thiazole rings is 1. The highest BCUT2D eigenvalue weighted by molar-refractivity contribution is 7.93. The first-order chi connectivity index (χ1) is 7.97. The first-order valence-corrected chi connectivity index (χ1v) is 7.00. The number of pyridine rings is 1. The molecule has 0 unspecified atom stereocenters. The SMILES string of the molecule is Cc1csc(NS(=O)(=O)c2ccnc(N)c2)n1. The van der Waals surface area contributed by atoms with Crippen LogP contribution in [0.5, 0.6) is 0 Å². The molecule has 8 heteroatoms. The van der Waals surface area contributed by atoms with E-state index in [-0.39, 0.29) is 10.7 Å². The standard InChI is InChI=1S/C9H10N4O2S2/c1-6-5-16-9(12-6)13-17(14,15)7-2-3-11-8(10)4-7/h2-5H,1H3,(H2,10,11)(H,12,13). The molecule has 2 aromatic rings. The highest BCUT2D eigenvalue weighted by atomic mass is 32.2. The Hall–Kier alpha value is -1.67. The van der Waals surface area contributed by atoms with Gasteiger partial charge in [-0.1, -0.05) is 0 Å². The summed E-state index contributed by atoms with van der Waals surface area (Å²) >= 11 is 1.23. The number of nitrogens with zero attached hydrogens (tertiary/aromatic N) is 2. The van der Waals surface area contributed by atoms with E-state index in [0.717, 1.165) is 5.69 Å². The van der Waals surface area contributed by atoms with Crippen molar-refractivity contribution in [2.24, 2.45) is 0 Å². The predicted octanol–water partition coefficient (Wildman–Crippen LogP) is 1.23. The van der Waals surface area contributed by atoms with E-state index in [9.17, 15) is 8.42 Å². The van der Waals surface area contributed by atoms with E-state index in [0.29, 0.717) is 5.13 Å². The van der Waals surface area contributed by atoms with Gasteiger partial charge in [0.1, 0.15) is 5.82 Å². The number of nitrogen functional groups attached to an aromatic ring is 1. The molecule has 3 N–H and O–H groups in total. The first-order valence-electron chi connectivity index (χ1n) is 4.64. The molecule has 0 bridgehead atoms. The maximum Gasteiger partial charge on any atom is 0.263 e. The molecule has 0 atom stereocenters. The van der Waals surface area contributed by atoms with Gasteiger partial charge in [0, 0.05) is 17.6 Å². The second kappa shape index (κ2) is 4.30. The van der Waals surface area contributed by atoms with Crippen LogP contribution in [-0.2, 0) is 10.0 Å². The molecule has 0 saturated heterocycles. The first kappa shape index (κ1) is 11.8. The lowest BCUT2D eigenvalue weighted by atomic mass is 10.5. The smallest absolute Gasteiger partial charge is 0.263 e. The van der Waals surface area contributed by atoms with Crippen molar-refractivity contribution in [2.75, 3.05) is 10.5 Å². The Balaban J connectivity index is 2.31. The molecule has 0 amide bonds. The molecular formula is C9H10N4O2S2. The van der Waals surface area contributed by atoms with Gasteiger partial charge in [-0.25, -0.2) is 18.4 Å². The largest absolute Gasteiger partial charge is 0.384 e. The maximum absolute atomic E-state index is 11.9. The van der Waals surface area contributed by atoms with Crippen molar-refractivity contribution in [3.05, 3.63) is 29.4 Å². The van der Waals surface area contributed by atoms with Crippen LogP contribution in [0.4, 0.5) is 10.9 Å². The van der Waals surface area contributed by atoms with Crippen molar-refractivity contribution in [2.45, 2.75) is 11.8 Å². The normalized spacial score (nSPS) is 11.4. The zero-order valence-electron chi connectivity index (χ0n) is 8.91. The summed E-state index contributed by atoms with van der Waals surface area (Å²) < 4.78 is 26.2. The number of sulfonamides is 1. The van der Waals surface area contributed by atoms with Gasteiger partial charge in [0.25, 0.3) is 10.0 Å². The van der Waals surface area contributed by atoms with Crippen LogP contribution >= 0.6 is 11.3 Å². The summed E-state index contributed by atoms with van der Waals surface area (Å²) in [6.45, 7) is 1.79. The fraction of sp³-hybridized carbons (Fsp3) is 0.111. The molecule has 0 aliphatic carbocycles. The van der Waals surface area contributed by atoms with Gasteiger partial charge in [0.05, 0.1) is 10.6 Å². The van der Waals surface area contributed by atoms with Gasteiger partial charge >= 0.3 is 0 Å². The Morgan fingerprint density at radius 3 is 2.82 bits per heavy atom. The topological polar surface area (TPSA) is 98.0 Å². The minimum atomic E-state index is -3.64. The molecule has 0 aliphatic rings. The molecule has 0 fully saturated rings. The van der Waals surface area contributed by atoms with Crippen LogP contribution in [0.3, 0.4) is 0 Å². The molecule has 0 aliphatic heterocycles. The molecular weight excluding hydrogens is 260 g/mol. The number of hydrogen-bond donors (Lipinski definition) is 2. The lowest BCUT2D eigenvalue weighted by Crippen LogP contribution is -2.13. The van der Waals surface area contributed by atoms with E-state index in [1.165, 1.54) is 29.7 Å². The third-order valence-corrected chi connectivity index (χ3v) is 4.24. The van der Waals surface area contributed by atoms with Crippen LogP contribution in [0, 0.1) is 6.92 Å². The summed E-state index contributed by atoms with van der Waals surface area (Å²) in [5.74, 6) is 0.156. The highest BCUT2D eigenvalue weighted by Crippen LogP contribution is 2.20. The predicted molar refractivity (Wildman–Crippen MR) is 66.3 cm³/mol. The van der Waals surface area contributed by atoms with Gasteiger partial charge in [-0.3, -0.25) is 4.72 Å². The van der Waals surface area contributed by atoms with E-state index in [2.05, 4.69) is 14.7 Å². The van der Waals surface area contributed by atoms with Gasteiger partial charge in [0.15, 0.2) is 5.13 Å². The quantitative estimate of drug-likeness (QED) is 0.874. The van der Waals surface area contributed by atoms with E-state index in [1.54, 1.807) is 12.3 Å². The van der Waals surface area contributed by atoms with E-state index in [4.69, 9.17) is 5.73 Å². The molecule has 0 spiro atoms. The number of rotatable bonds is 3. The minimum Gasteiger partial charge on any atom is -0.384 e. The Bertz CT molecular complexity index is 636. The van der Waals surface area contributed by atoms with Crippen molar-refractivity contribution in [1.82, 2.24) is 9.97 Å². The second-order valence-corrected chi connectivity index (χ2v) is 5.86. The van der Waals surface area contributed by atoms with Crippen molar-refractivity contribution < 1.29 is 8.42 Å². The van der Waals surface area contributed by atoms with Crippen LogP contribution in [0.1, 0.15) is 5.69 Å². The molecule has 0 saturated carbocycles. The summed E-state index contributed by atoms with van der Waals surface area (Å²) in [6.07, 6.45) is 1.34.